The predicted octanol–water partition coefficient (Wildman–Crippen LogP) is 2.57. The number of carboxylic acids is 1. The van der Waals surface area contributed by atoms with Crippen molar-refractivity contribution in [3.63, 3.8) is 0 Å². The molecule has 1 rings (SSSR count). The van der Waals surface area contributed by atoms with E-state index in [1.807, 2.05) is 24.3 Å². The minimum Gasteiger partial charge on any atom is -0.478 e. The molecule has 0 bridgehead atoms. The van der Waals surface area contributed by atoms with Gasteiger partial charge in [-0.25, -0.2) is 4.79 Å². The van der Waals surface area contributed by atoms with Crippen LogP contribution in [-0.2, 0) is 11.3 Å². The first-order valence-corrected chi connectivity index (χ1v) is 5.73. The van der Waals surface area contributed by atoms with Gasteiger partial charge in [0.25, 0.3) is 0 Å². The highest BCUT2D eigenvalue weighted by Crippen LogP contribution is 2.15. The van der Waals surface area contributed by atoms with Gasteiger partial charge in [-0.3, -0.25) is 0 Å². The van der Waals surface area contributed by atoms with Crippen LogP contribution in [0, 0.1) is 0 Å². The van der Waals surface area contributed by atoms with E-state index in [1.165, 1.54) is 6.08 Å². The number of halogens is 1. The summed E-state index contributed by atoms with van der Waals surface area (Å²) in [4.78, 5) is 10.4. The van der Waals surface area contributed by atoms with E-state index < -0.39 is 5.97 Å². The van der Waals surface area contributed by atoms with Gasteiger partial charge in [-0.2, -0.15) is 0 Å². The van der Waals surface area contributed by atoms with Crippen molar-refractivity contribution in [3.8, 4) is 0 Å². The Hall–Kier alpha value is -1.13. The van der Waals surface area contributed by atoms with Gasteiger partial charge in [-0.05, 0) is 18.6 Å². The Bertz CT molecular complexity index is 402. The van der Waals surface area contributed by atoms with Gasteiger partial charge in [0.05, 0.1) is 0 Å². The molecule has 1 aromatic carbocycles. The maximum absolute atomic E-state index is 10.4. The van der Waals surface area contributed by atoms with E-state index in [1.54, 1.807) is 6.92 Å². The summed E-state index contributed by atoms with van der Waals surface area (Å²) < 4.78 is 1.06. The number of hydrogen-bond donors (Lipinski definition) is 2. The molecular formula is C12H14BrNO2. The van der Waals surface area contributed by atoms with Crippen molar-refractivity contribution in [2.45, 2.75) is 13.5 Å². The van der Waals surface area contributed by atoms with Crippen LogP contribution in [0.4, 0.5) is 0 Å². The fourth-order valence-corrected chi connectivity index (χ4v) is 1.72. The fourth-order valence-electron chi connectivity index (χ4n) is 1.30. The zero-order valence-corrected chi connectivity index (χ0v) is 10.6. The van der Waals surface area contributed by atoms with Gasteiger partial charge >= 0.3 is 5.97 Å². The number of rotatable bonds is 5. The van der Waals surface area contributed by atoms with Crippen LogP contribution in [-0.4, -0.2) is 17.6 Å². The van der Waals surface area contributed by atoms with Crippen LogP contribution in [0.25, 0.3) is 0 Å². The van der Waals surface area contributed by atoms with Crippen LogP contribution >= 0.6 is 15.9 Å². The summed E-state index contributed by atoms with van der Waals surface area (Å²) in [6, 6.07) is 7.94. The standard InChI is InChI=1S/C12H14BrNO2/c1-9(6-12(15)16)7-14-8-10-4-2-3-5-11(10)13/h2-6,14H,7-8H2,1H3,(H,15,16)/b9-6-. The summed E-state index contributed by atoms with van der Waals surface area (Å²) in [5.41, 5.74) is 1.96. The molecule has 0 amide bonds. The highest BCUT2D eigenvalue weighted by Gasteiger charge is 1.98. The Labute approximate surface area is 103 Å². The third-order valence-electron chi connectivity index (χ3n) is 2.05. The molecule has 1 aromatic rings. The quantitative estimate of drug-likeness (QED) is 0.817. The molecule has 0 fully saturated rings. The van der Waals surface area contributed by atoms with Gasteiger partial charge in [0, 0.05) is 23.6 Å². The molecule has 0 atom stereocenters. The predicted molar refractivity (Wildman–Crippen MR) is 67.2 cm³/mol. The van der Waals surface area contributed by atoms with E-state index >= 15 is 0 Å². The minimum absolute atomic E-state index is 0.577. The number of aliphatic carboxylic acids is 1. The first kappa shape index (κ1) is 12.9. The Balaban J connectivity index is 2.42. The molecule has 0 unspecified atom stereocenters. The second-order valence-electron chi connectivity index (χ2n) is 3.52. The van der Waals surface area contributed by atoms with Gasteiger partial charge in [0.15, 0.2) is 0 Å². The summed E-state index contributed by atoms with van der Waals surface area (Å²) in [5, 5.41) is 11.7. The molecule has 0 radical (unpaired) electrons. The molecule has 3 nitrogen and oxygen atoms in total. The second-order valence-corrected chi connectivity index (χ2v) is 4.38. The largest absolute Gasteiger partial charge is 0.478 e. The highest BCUT2D eigenvalue weighted by molar-refractivity contribution is 9.10. The van der Waals surface area contributed by atoms with Crippen LogP contribution in [0.3, 0.4) is 0 Å². The number of carbonyl (C=O) groups is 1. The Morgan fingerprint density at radius 3 is 2.81 bits per heavy atom. The maximum Gasteiger partial charge on any atom is 0.328 e. The molecule has 86 valence electrons. The SMILES string of the molecule is C/C(=C/C(=O)O)CNCc1ccccc1Br. The van der Waals surface area contributed by atoms with Crippen molar-refractivity contribution in [3.05, 3.63) is 46.0 Å². The molecule has 0 spiro atoms. The number of hydrogen-bond acceptors (Lipinski definition) is 2. The van der Waals surface area contributed by atoms with Crippen LogP contribution in [0.5, 0.6) is 0 Å². The van der Waals surface area contributed by atoms with E-state index in [0.29, 0.717) is 13.1 Å². The van der Waals surface area contributed by atoms with Crippen molar-refractivity contribution < 1.29 is 9.90 Å². The van der Waals surface area contributed by atoms with Crippen LogP contribution in [0.2, 0.25) is 0 Å². The summed E-state index contributed by atoms with van der Waals surface area (Å²) in [7, 11) is 0. The first-order valence-electron chi connectivity index (χ1n) is 4.94. The fraction of sp³-hybridized carbons (Fsp3) is 0.250. The lowest BCUT2D eigenvalue weighted by atomic mass is 10.2. The number of nitrogens with one attached hydrogen (secondary N) is 1. The summed E-state index contributed by atoms with van der Waals surface area (Å²) in [6.07, 6.45) is 1.22. The molecule has 2 N–H and O–H groups in total. The van der Waals surface area contributed by atoms with E-state index in [-0.39, 0.29) is 0 Å². The zero-order valence-electron chi connectivity index (χ0n) is 9.03. The normalized spacial score (nSPS) is 11.5. The molecule has 0 aliphatic rings. The summed E-state index contributed by atoms with van der Waals surface area (Å²) >= 11 is 3.46. The van der Waals surface area contributed by atoms with Crippen molar-refractivity contribution in [2.24, 2.45) is 0 Å². The van der Waals surface area contributed by atoms with Gasteiger partial charge in [0.2, 0.25) is 0 Å². The molecule has 4 heteroatoms. The van der Waals surface area contributed by atoms with Crippen molar-refractivity contribution in [1.82, 2.24) is 5.32 Å². The van der Waals surface area contributed by atoms with Crippen LogP contribution in [0.15, 0.2) is 40.4 Å². The highest BCUT2D eigenvalue weighted by atomic mass is 79.9. The van der Waals surface area contributed by atoms with Gasteiger partial charge < -0.3 is 10.4 Å². The van der Waals surface area contributed by atoms with Gasteiger partial charge in [-0.15, -0.1) is 0 Å². The lowest BCUT2D eigenvalue weighted by molar-refractivity contribution is -0.131. The van der Waals surface area contributed by atoms with Crippen molar-refractivity contribution >= 4 is 21.9 Å². The van der Waals surface area contributed by atoms with Gasteiger partial charge in [-0.1, -0.05) is 39.7 Å². The molecule has 0 aliphatic heterocycles. The van der Waals surface area contributed by atoms with Gasteiger partial charge in [0.1, 0.15) is 0 Å². The average Bonchev–Trinajstić information content (AvgIpc) is 2.19. The minimum atomic E-state index is -0.903. The van der Waals surface area contributed by atoms with Crippen LogP contribution < -0.4 is 5.32 Å². The second kappa shape index (κ2) is 6.45. The lowest BCUT2D eigenvalue weighted by Gasteiger charge is -2.06. The first-order chi connectivity index (χ1) is 7.59. The number of benzene rings is 1. The maximum atomic E-state index is 10.4. The molecule has 0 aromatic heterocycles. The Kier molecular flexibility index (Phi) is 5.22. The molecule has 0 heterocycles. The van der Waals surface area contributed by atoms with Crippen molar-refractivity contribution in [1.29, 1.82) is 0 Å². The molecular weight excluding hydrogens is 270 g/mol. The summed E-state index contributed by atoms with van der Waals surface area (Å²) in [5.74, 6) is -0.903. The van der Waals surface area contributed by atoms with E-state index in [4.69, 9.17) is 5.11 Å². The summed E-state index contributed by atoms with van der Waals surface area (Å²) in [6.45, 7) is 3.08. The Morgan fingerprint density at radius 2 is 2.19 bits per heavy atom. The number of carboxylic acid groups (broad SMARTS) is 1. The topological polar surface area (TPSA) is 49.3 Å². The van der Waals surface area contributed by atoms with E-state index in [0.717, 1.165) is 15.6 Å². The average molecular weight is 284 g/mol. The molecule has 0 saturated carbocycles. The van der Waals surface area contributed by atoms with Crippen molar-refractivity contribution in [2.75, 3.05) is 6.54 Å². The lowest BCUT2D eigenvalue weighted by Crippen LogP contribution is -2.16. The third kappa shape index (κ3) is 4.59. The Morgan fingerprint density at radius 1 is 1.50 bits per heavy atom. The van der Waals surface area contributed by atoms with E-state index in [9.17, 15) is 4.79 Å². The third-order valence-corrected chi connectivity index (χ3v) is 2.82. The molecule has 0 aliphatic carbocycles. The van der Waals surface area contributed by atoms with Crippen LogP contribution in [0.1, 0.15) is 12.5 Å². The molecule has 0 saturated heterocycles. The van der Waals surface area contributed by atoms with E-state index in [2.05, 4.69) is 21.2 Å². The zero-order chi connectivity index (χ0) is 12.0. The monoisotopic (exact) mass is 283 g/mol. The molecule has 16 heavy (non-hydrogen) atoms. The smallest absolute Gasteiger partial charge is 0.328 e.